The van der Waals surface area contributed by atoms with E-state index in [1.807, 2.05) is 0 Å². The molecule has 0 N–H and O–H groups in total. The standard InChI is InChI=1S/C17H25NO/c1-13-14(2)16(17-12-19-17)8-6-7-15(13)11-18-9-4-3-5-10-18/h6-8,13-14H,3-5,9-12H2,1-2H3/b17-16+. The Morgan fingerprint density at radius 3 is 2.58 bits per heavy atom. The fraction of sp³-hybridized carbons (Fsp3) is 0.647. The summed E-state index contributed by atoms with van der Waals surface area (Å²) in [4.78, 5) is 2.62. The topological polar surface area (TPSA) is 15.8 Å². The highest BCUT2D eigenvalue weighted by atomic mass is 16.6. The van der Waals surface area contributed by atoms with Gasteiger partial charge < -0.3 is 4.74 Å². The molecular formula is C17H25NO. The van der Waals surface area contributed by atoms with E-state index in [0.29, 0.717) is 11.8 Å². The van der Waals surface area contributed by atoms with Crippen LogP contribution in [0.25, 0.3) is 0 Å². The van der Waals surface area contributed by atoms with Crippen molar-refractivity contribution in [2.45, 2.75) is 33.1 Å². The van der Waals surface area contributed by atoms with E-state index in [1.54, 1.807) is 5.57 Å². The van der Waals surface area contributed by atoms with Crippen LogP contribution in [0.1, 0.15) is 33.1 Å². The predicted octanol–water partition coefficient (Wildman–Crippen LogP) is 3.53. The molecule has 0 saturated carbocycles. The van der Waals surface area contributed by atoms with Gasteiger partial charge in [-0.1, -0.05) is 44.1 Å². The van der Waals surface area contributed by atoms with Crippen LogP contribution < -0.4 is 0 Å². The van der Waals surface area contributed by atoms with Crippen LogP contribution in [-0.4, -0.2) is 31.1 Å². The fourth-order valence-corrected chi connectivity index (χ4v) is 3.29. The number of piperidine rings is 1. The molecule has 0 aromatic carbocycles. The van der Waals surface area contributed by atoms with Crippen LogP contribution in [0.2, 0.25) is 0 Å². The average Bonchev–Trinajstić information content (AvgIpc) is 3.26. The molecule has 0 aromatic rings. The van der Waals surface area contributed by atoms with Crippen molar-refractivity contribution in [3.05, 3.63) is 35.1 Å². The molecule has 2 atom stereocenters. The molecule has 2 heteroatoms. The SMILES string of the molecule is CC1C(CN2CCCCC2)=CC=C/C(=C2/CO2)C1C. The summed E-state index contributed by atoms with van der Waals surface area (Å²) in [5.74, 6) is 2.40. The van der Waals surface area contributed by atoms with Gasteiger partial charge in [0.15, 0.2) is 0 Å². The lowest BCUT2D eigenvalue weighted by molar-refractivity contribution is 0.238. The third-order valence-electron chi connectivity index (χ3n) is 4.88. The fourth-order valence-electron chi connectivity index (χ4n) is 3.29. The third-order valence-corrected chi connectivity index (χ3v) is 4.88. The van der Waals surface area contributed by atoms with E-state index in [0.717, 1.165) is 13.2 Å². The van der Waals surface area contributed by atoms with Crippen molar-refractivity contribution < 1.29 is 4.74 Å². The van der Waals surface area contributed by atoms with Crippen LogP contribution >= 0.6 is 0 Å². The summed E-state index contributed by atoms with van der Waals surface area (Å²) in [7, 11) is 0. The molecule has 2 unspecified atom stereocenters. The van der Waals surface area contributed by atoms with Gasteiger partial charge in [0.25, 0.3) is 0 Å². The minimum absolute atomic E-state index is 0.576. The zero-order chi connectivity index (χ0) is 13.2. The second kappa shape index (κ2) is 5.54. The van der Waals surface area contributed by atoms with Gasteiger partial charge in [0, 0.05) is 6.54 Å². The lowest BCUT2D eigenvalue weighted by atomic mass is 9.84. The molecule has 3 aliphatic rings. The number of ether oxygens (including phenoxy) is 1. The molecule has 0 aromatic heterocycles. The Labute approximate surface area is 116 Å². The maximum Gasteiger partial charge on any atom is 0.145 e. The molecule has 0 amide bonds. The number of allylic oxidation sites excluding steroid dienone is 4. The van der Waals surface area contributed by atoms with Gasteiger partial charge in [0.05, 0.1) is 0 Å². The minimum atomic E-state index is 0.576. The molecule has 2 aliphatic heterocycles. The first-order chi connectivity index (χ1) is 9.25. The Kier molecular flexibility index (Phi) is 3.79. The first-order valence-electron chi connectivity index (χ1n) is 7.71. The molecule has 0 spiro atoms. The second-order valence-corrected chi connectivity index (χ2v) is 6.18. The van der Waals surface area contributed by atoms with Crippen molar-refractivity contribution >= 4 is 0 Å². The van der Waals surface area contributed by atoms with E-state index < -0.39 is 0 Å². The first kappa shape index (κ1) is 13.0. The average molecular weight is 259 g/mol. The molecule has 0 radical (unpaired) electrons. The second-order valence-electron chi connectivity index (χ2n) is 6.18. The van der Waals surface area contributed by atoms with E-state index >= 15 is 0 Å². The monoisotopic (exact) mass is 259 g/mol. The molecule has 3 rings (SSSR count). The van der Waals surface area contributed by atoms with Crippen LogP contribution in [0, 0.1) is 11.8 Å². The van der Waals surface area contributed by atoms with Crippen molar-refractivity contribution in [2.24, 2.45) is 11.8 Å². The number of hydrogen-bond donors (Lipinski definition) is 0. The number of nitrogens with zero attached hydrogens (tertiary/aromatic N) is 1. The van der Waals surface area contributed by atoms with Gasteiger partial charge in [-0.15, -0.1) is 0 Å². The van der Waals surface area contributed by atoms with E-state index in [-0.39, 0.29) is 0 Å². The molecular weight excluding hydrogens is 234 g/mol. The Morgan fingerprint density at radius 2 is 1.89 bits per heavy atom. The van der Waals surface area contributed by atoms with Crippen molar-refractivity contribution in [3.63, 3.8) is 0 Å². The Bertz CT molecular complexity index is 421. The first-order valence-corrected chi connectivity index (χ1v) is 7.71. The molecule has 0 bridgehead atoms. The summed E-state index contributed by atoms with van der Waals surface area (Å²) >= 11 is 0. The highest BCUT2D eigenvalue weighted by molar-refractivity contribution is 5.37. The third kappa shape index (κ3) is 2.94. The molecule has 2 heterocycles. The highest BCUT2D eigenvalue weighted by Gasteiger charge is 2.28. The number of likely N-dealkylation sites (tertiary alicyclic amines) is 1. The summed E-state index contributed by atoms with van der Waals surface area (Å²) < 4.78 is 5.40. The van der Waals surface area contributed by atoms with E-state index in [2.05, 4.69) is 37.0 Å². The molecule has 104 valence electrons. The van der Waals surface area contributed by atoms with E-state index in [4.69, 9.17) is 4.74 Å². The van der Waals surface area contributed by atoms with Crippen LogP contribution in [-0.2, 0) is 4.74 Å². The van der Waals surface area contributed by atoms with Gasteiger partial charge in [-0.2, -0.15) is 0 Å². The summed E-state index contributed by atoms with van der Waals surface area (Å²) in [5, 5.41) is 0. The molecule has 19 heavy (non-hydrogen) atoms. The number of epoxide rings is 1. The van der Waals surface area contributed by atoms with Gasteiger partial charge in [-0.3, -0.25) is 4.90 Å². The number of hydrogen-bond acceptors (Lipinski definition) is 2. The normalized spacial score (nSPS) is 35.6. The van der Waals surface area contributed by atoms with E-state index in [1.165, 1.54) is 43.7 Å². The van der Waals surface area contributed by atoms with Gasteiger partial charge in [-0.25, -0.2) is 0 Å². The lowest BCUT2D eigenvalue weighted by Gasteiger charge is -2.30. The van der Waals surface area contributed by atoms with Crippen LogP contribution in [0.3, 0.4) is 0 Å². The van der Waals surface area contributed by atoms with Crippen molar-refractivity contribution in [1.82, 2.24) is 4.90 Å². The number of rotatable bonds is 2. The smallest absolute Gasteiger partial charge is 0.145 e. The van der Waals surface area contributed by atoms with Gasteiger partial charge in [-0.05, 0) is 43.3 Å². The molecule has 1 aliphatic carbocycles. The van der Waals surface area contributed by atoms with Crippen LogP contribution in [0.15, 0.2) is 35.1 Å². The van der Waals surface area contributed by atoms with Crippen LogP contribution in [0.5, 0.6) is 0 Å². The van der Waals surface area contributed by atoms with Crippen molar-refractivity contribution in [2.75, 3.05) is 26.2 Å². The van der Waals surface area contributed by atoms with Gasteiger partial charge >= 0.3 is 0 Å². The Morgan fingerprint density at radius 1 is 1.16 bits per heavy atom. The lowest BCUT2D eigenvalue weighted by Crippen LogP contribution is -2.33. The van der Waals surface area contributed by atoms with E-state index in [9.17, 15) is 0 Å². The maximum atomic E-state index is 5.40. The predicted molar refractivity (Wildman–Crippen MR) is 78.8 cm³/mol. The zero-order valence-electron chi connectivity index (χ0n) is 12.2. The van der Waals surface area contributed by atoms with Gasteiger partial charge in [0.1, 0.15) is 12.4 Å². The van der Waals surface area contributed by atoms with Gasteiger partial charge in [0.2, 0.25) is 0 Å². The summed E-state index contributed by atoms with van der Waals surface area (Å²) in [5.41, 5.74) is 3.00. The quantitative estimate of drug-likeness (QED) is 0.705. The van der Waals surface area contributed by atoms with Crippen LogP contribution in [0.4, 0.5) is 0 Å². The molecule has 2 saturated heterocycles. The largest absolute Gasteiger partial charge is 0.486 e. The Hall–Kier alpha value is -1.02. The highest BCUT2D eigenvalue weighted by Crippen LogP contribution is 2.36. The maximum absolute atomic E-state index is 5.40. The minimum Gasteiger partial charge on any atom is -0.486 e. The summed E-state index contributed by atoms with van der Waals surface area (Å²) in [6.45, 7) is 9.26. The zero-order valence-corrected chi connectivity index (χ0v) is 12.2. The van der Waals surface area contributed by atoms with Crippen molar-refractivity contribution in [3.8, 4) is 0 Å². The molecule has 2 nitrogen and oxygen atoms in total. The summed E-state index contributed by atoms with van der Waals surface area (Å²) in [6.07, 6.45) is 11.0. The van der Waals surface area contributed by atoms with Crippen molar-refractivity contribution in [1.29, 1.82) is 0 Å². The summed E-state index contributed by atoms with van der Waals surface area (Å²) in [6, 6.07) is 0. The Balaban J connectivity index is 1.70. The molecule has 2 fully saturated rings.